The third kappa shape index (κ3) is 6.51. The maximum atomic E-state index is 11.9. The fourth-order valence-electron chi connectivity index (χ4n) is 3.76. The van der Waals surface area contributed by atoms with E-state index in [4.69, 9.17) is 0 Å². The number of ketones is 1. The number of amides is 3. The van der Waals surface area contributed by atoms with E-state index < -0.39 is 0 Å². The quantitative estimate of drug-likeness (QED) is 0.223. The van der Waals surface area contributed by atoms with Gasteiger partial charge >= 0.3 is 6.03 Å². The van der Waals surface area contributed by atoms with Gasteiger partial charge in [0.2, 0.25) is 5.91 Å². The van der Waals surface area contributed by atoms with Gasteiger partial charge in [0.05, 0.1) is 17.6 Å². The van der Waals surface area contributed by atoms with Gasteiger partial charge in [-0.15, -0.1) is 0 Å². The molecule has 2 fully saturated rings. The number of rotatable bonds is 12. The van der Waals surface area contributed by atoms with Crippen molar-refractivity contribution in [3.63, 3.8) is 0 Å². The molecule has 0 aromatic rings. The number of unbranched alkanes of at least 4 members (excludes halogenated alkanes) is 2. The summed E-state index contributed by atoms with van der Waals surface area (Å²) in [5.41, 5.74) is -0.129. The molecule has 2 saturated heterocycles. The summed E-state index contributed by atoms with van der Waals surface area (Å²) in [5.74, 6) is 1.14. The van der Waals surface area contributed by atoms with Crippen molar-refractivity contribution in [1.29, 1.82) is 0 Å². The van der Waals surface area contributed by atoms with Crippen LogP contribution in [0.5, 0.6) is 0 Å². The van der Waals surface area contributed by atoms with Crippen LogP contribution in [0.2, 0.25) is 0 Å². The lowest BCUT2D eigenvalue weighted by Gasteiger charge is -2.23. The summed E-state index contributed by atoms with van der Waals surface area (Å²) in [4.78, 5) is 34.8. The molecule has 4 atom stereocenters. The largest absolute Gasteiger partial charge is 0.356 e. The number of carbonyl (C=O) groups is 3. The number of allylic oxidation sites excluding steroid dienone is 1. The van der Waals surface area contributed by atoms with Gasteiger partial charge in [-0.3, -0.25) is 9.59 Å². The van der Waals surface area contributed by atoms with Crippen molar-refractivity contribution < 1.29 is 14.4 Å². The Labute approximate surface area is 172 Å². The molecule has 7 nitrogen and oxygen atoms in total. The minimum Gasteiger partial charge on any atom is -0.356 e. The van der Waals surface area contributed by atoms with Gasteiger partial charge in [0.15, 0.2) is 5.78 Å². The van der Waals surface area contributed by atoms with E-state index in [0.717, 1.165) is 37.9 Å². The zero-order valence-corrected chi connectivity index (χ0v) is 18.0. The van der Waals surface area contributed by atoms with Crippen LogP contribution in [0.4, 0.5) is 4.79 Å². The highest BCUT2D eigenvalue weighted by Crippen LogP contribution is 2.39. The predicted octanol–water partition coefficient (Wildman–Crippen LogP) is 1.73. The molecule has 2 aliphatic heterocycles. The molecule has 2 heterocycles. The van der Waals surface area contributed by atoms with Gasteiger partial charge in [-0.05, 0) is 46.6 Å². The molecule has 8 heteroatoms. The van der Waals surface area contributed by atoms with Crippen LogP contribution < -0.4 is 21.3 Å². The lowest BCUT2D eigenvalue weighted by Crippen LogP contribution is -2.47. The van der Waals surface area contributed by atoms with Crippen LogP contribution in [0, 0.1) is 0 Å². The zero-order valence-electron chi connectivity index (χ0n) is 17.2. The smallest absolute Gasteiger partial charge is 0.315 e. The lowest BCUT2D eigenvalue weighted by atomic mass is 9.92. The number of hydrogen-bond donors (Lipinski definition) is 4. The van der Waals surface area contributed by atoms with Crippen LogP contribution >= 0.6 is 11.8 Å². The van der Waals surface area contributed by atoms with Crippen LogP contribution in [0.15, 0.2) is 12.2 Å². The molecule has 3 amide bonds. The average Bonchev–Trinajstić information content (AvgIpc) is 3.09. The molecule has 0 bridgehead atoms. The molecule has 158 valence electrons. The summed E-state index contributed by atoms with van der Waals surface area (Å²) in [6.45, 7) is 4.32. The molecule has 0 saturated carbocycles. The van der Waals surface area contributed by atoms with Gasteiger partial charge in [0.1, 0.15) is 0 Å². The van der Waals surface area contributed by atoms with Gasteiger partial charge in [0.25, 0.3) is 0 Å². The fourth-order valence-corrected chi connectivity index (χ4v) is 5.47. The summed E-state index contributed by atoms with van der Waals surface area (Å²) >= 11 is 1.91. The molecule has 0 aromatic heterocycles. The molecule has 0 radical (unpaired) electrons. The monoisotopic (exact) mass is 410 g/mol. The Hall–Kier alpha value is -1.54. The molecule has 4 N–H and O–H groups in total. The third-order valence-electron chi connectivity index (χ3n) is 5.43. The number of Topliss-reactive ketones (excluding diaryl/α,β-unsaturated/α-hetero) is 1. The second-order valence-electron chi connectivity index (χ2n) is 7.89. The van der Waals surface area contributed by atoms with Gasteiger partial charge < -0.3 is 21.3 Å². The summed E-state index contributed by atoms with van der Waals surface area (Å²) < 4.78 is 0. The van der Waals surface area contributed by atoms with Crippen molar-refractivity contribution in [2.45, 2.75) is 75.2 Å². The third-order valence-corrected chi connectivity index (χ3v) is 7.13. The number of thioether (sulfide) groups is 1. The highest BCUT2D eigenvalue weighted by Gasteiger charge is 2.51. The van der Waals surface area contributed by atoms with Gasteiger partial charge in [-0.2, -0.15) is 11.8 Å². The van der Waals surface area contributed by atoms with Crippen LogP contribution in [0.3, 0.4) is 0 Å². The molecular weight excluding hydrogens is 376 g/mol. The van der Waals surface area contributed by atoms with Crippen LogP contribution in [0.1, 0.15) is 52.4 Å². The predicted molar refractivity (Wildman–Crippen MR) is 113 cm³/mol. The first-order chi connectivity index (χ1) is 13.4. The number of likely N-dealkylation sites (N-methyl/N-ethyl adjacent to an activating group) is 1. The number of fused-ring (bicyclic) bond motifs is 1. The van der Waals surface area contributed by atoms with Crippen molar-refractivity contribution >= 4 is 29.5 Å². The minimum absolute atomic E-state index is 0.0604. The van der Waals surface area contributed by atoms with E-state index in [1.54, 1.807) is 14.0 Å². The summed E-state index contributed by atoms with van der Waals surface area (Å²) in [7, 11) is 1.77. The summed E-state index contributed by atoms with van der Waals surface area (Å²) in [5, 5.41) is 12.4. The van der Waals surface area contributed by atoms with E-state index in [9.17, 15) is 14.4 Å². The van der Waals surface area contributed by atoms with E-state index in [-0.39, 0.29) is 35.3 Å². The Bertz CT molecular complexity index is 598. The first-order valence-electron chi connectivity index (χ1n) is 10.2. The van der Waals surface area contributed by atoms with Crippen molar-refractivity contribution in [3.05, 3.63) is 12.2 Å². The Morgan fingerprint density at radius 3 is 2.86 bits per heavy atom. The SMILES string of the molecule is CNC(/C=C/CCCNC(=O)CCCCC1SC[C@@]2(C)NC(=O)N[C@@H]12)C(C)=O. The van der Waals surface area contributed by atoms with Gasteiger partial charge in [0, 0.05) is 24.0 Å². The molecular formula is C20H34N4O3S. The van der Waals surface area contributed by atoms with Crippen LogP contribution in [-0.2, 0) is 9.59 Å². The minimum atomic E-state index is -0.223. The number of urea groups is 1. The number of carbonyl (C=O) groups excluding carboxylic acids is 3. The molecule has 2 unspecified atom stereocenters. The molecule has 0 spiro atoms. The van der Waals surface area contributed by atoms with E-state index in [2.05, 4.69) is 28.2 Å². The molecule has 2 aliphatic rings. The number of nitrogens with one attached hydrogen (secondary N) is 4. The van der Waals surface area contributed by atoms with Gasteiger partial charge in [-0.1, -0.05) is 18.6 Å². The fraction of sp³-hybridized carbons (Fsp3) is 0.750. The summed E-state index contributed by atoms with van der Waals surface area (Å²) in [6.07, 6.45) is 8.99. The number of hydrogen-bond acceptors (Lipinski definition) is 5. The van der Waals surface area contributed by atoms with Crippen LogP contribution in [-0.4, -0.2) is 59.9 Å². The molecule has 28 heavy (non-hydrogen) atoms. The first kappa shape index (κ1) is 22.7. The molecule has 0 aromatic carbocycles. The van der Waals surface area contributed by atoms with E-state index in [1.807, 2.05) is 23.9 Å². The first-order valence-corrected chi connectivity index (χ1v) is 11.2. The molecule has 2 rings (SSSR count). The highest BCUT2D eigenvalue weighted by atomic mass is 32.2. The van der Waals surface area contributed by atoms with Crippen molar-refractivity contribution in [2.75, 3.05) is 19.3 Å². The second kappa shape index (κ2) is 10.9. The zero-order chi connectivity index (χ0) is 20.6. The van der Waals surface area contributed by atoms with E-state index in [1.165, 1.54) is 0 Å². The normalized spacial score (nSPS) is 27.3. The Balaban J connectivity index is 1.51. The van der Waals surface area contributed by atoms with E-state index in [0.29, 0.717) is 18.2 Å². The van der Waals surface area contributed by atoms with Gasteiger partial charge in [-0.25, -0.2) is 4.79 Å². The maximum absolute atomic E-state index is 11.9. The topological polar surface area (TPSA) is 99.3 Å². The summed E-state index contributed by atoms with van der Waals surface area (Å²) in [6, 6.07) is -0.0917. The average molecular weight is 411 g/mol. The van der Waals surface area contributed by atoms with Crippen LogP contribution in [0.25, 0.3) is 0 Å². The maximum Gasteiger partial charge on any atom is 0.315 e. The molecule has 0 aliphatic carbocycles. The Morgan fingerprint density at radius 2 is 2.14 bits per heavy atom. The van der Waals surface area contributed by atoms with E-state index >= 15 is 0 Å². The van der Waals surface area contributed by atoms with Crippen molar-refractivity contribution in [1.82, 2.24) is 21.3 Å². The second-order valence-corrected chi connectivity index (χ2v) is 9.11. The highest BCUT2D eigenvalue weighted by molar-refractivity contribution is 8.00. The van der Waals surface area contributed by atoms with Crippen molar-refractivity contribution in [3.8, 4) is 0 Å². The van der Waals surface area contributed by atoms with Crippen molar-refractivity contribution in [2.24, 2.45) is 0 Å². The Morgan fingerprint density at radius 1 is 1.36 bits per heavy atom. The Kier molecular flexibility index (Phi) is 8.82. The lowest BCUT2D eigenvalue weighted by molar-refractivity contribution is -0.121. The standard InChI is InChI=1S/C20H34N4O3S/c1-14(25)15(21-3)9-5-4-8-12-22-17(26)11-7-6-10-16-18-20(2,13-28-16)24-19(27)23-18/h5,9,15-16,18,21H,4,6-8,10-13H2,1-3H3,(H,22,26)(H2,23,24,27)/b9-5+/t15?,16?,18-,20+/m0/s1.